The Labute approximate surface area is 128 Å². The van der Waals surface area contributed by atoms with E-state index < -0.39 is 5.97 Å². The lowest BCUT2D eigenvalue weighted by Gasteiger charge is -2.11. The number of nitrogens with zero attached hydrogens (tertiary/aromatic N) is 1. The molecule has 0 saturated heterocycles. The highest BCUT2D eigenvalue weighted by Crippen LogP contribution is 2.15. The molecule has 22 heavy (non-hydrogen) atoms. The van der Waals surface area contributed by atoms with E-state index in [2.05, 4.69) is 11.8 Å². The van der Waals surface area contributed by atoms with Crippen molar-refractivity contribution in [3.63, 3.8) is 0 Å². The highest BCUT2D eigenvalue weighted by molar-refractivity contribution is 5.94. The van der Waals surface area contributed by atoms with Crippen LogP contribution in [-0.4, -0.2) is 28.9 Å². The molecular formula is C17H17NO4. The summed E-state index contributed by atoms with van der Waals surface area (Å²) >= 11 is 0. The SMILES string of the molecule is CCOC(=O)c1cn(CC)c2ccc(C#CCO)cc2c1=O. The summed E-state index contributed by atoms with van der Waals surface area (Å²) < 4.78 is 6.76. The van der Waals surface area contributed by atoms with E-state index in [4.69, 9.17) is 9.84 Å². The minimum atomic E-state index is -0.622. The number of hydrogen-bond acceptors (Lipinski definition) is 4. The molecule has 0 aliphatic heterocycles. The molecule has 1 aromatic heterocycles. The van der Waals surface area contributed by atoms with Gasteiger partial charge in [0.15, 0.2) is 0 Å². The largest absolute Gasteiger partial charge is 0.462 e. The summed E-state index contributed by atoms with van der Waals surface area (Å²) in [4.78, 5) is 24.5. The van der Waals surface area contributed by atoms with E-state index in [1.54, 1.807) is 25.1 Å². The third kappa shape index (κ3) is 3.02. The van der Waals surface area contributed by atoms with Crippen LogP contribution in [0.5, 0.6) is 0 Å². The molecule has 0 amide bonds. The Morgan fingerprint density at radius 2 is 2.14 bits per heavy atom. The van der Waals surface area contributed by atoms with Gasteiger partial charge in [0.25, 0.3) is 0 Å². The highest BCUT2D eigenvalue weighted by atomic mass is 16.5. The first-order valence-electron chi connectivity index (χ1n) is 7.06. The van der Waals surface area contributed by atoms with Gasteiger partial charge in [-0.3, -0.25) is 4.79 Å². The average molecular weight is 299 g/mol. The van der Waals surface area contributed by atoms with Gasteiger partial charge >= 0.3 is 5.97 Å². The predicted molar refractivity (Wildman–Crippen MR) is 83.8 cm³/mol. The Balaban J connectivity index is 2.72. The third-order valence-electron chi connectivity index (χ3n) is 3.23. The molecule has 0 spiro atoms. The predicted octanol–water partition coefficient (Wildman–Crippen LogP) is 1.54. The smallest absolute Gasteiger partial charge is 0.343 e. The zero-order valence-electron chi connectivity index (χ0n) is 12.5. The lowest BCUT2D eigenvalue weighted by atomic mass is 10.1. The second kappa shape index (κ2) is 6.92. The van der Waals surface area contributed by atoms with E-state index in [9.17, 15) is 9.59 Å². The number of aliphatic hydroxyl groups excluding tert-OH is 1. The van der Waals surface area contributed by atoms with E-state index in [-0.39, 0.29) is 24.2 Å². The molecular weight excluding hydrogens is 282 g/mol. The molecule has 114 valence electrons. The van der Waals surface area contributed by atoms with Crippen LogP contribution in [0.15, 0.2) is 29.2 Å². The number of pyridine rings is 1. The van der Waals surface area contributed by atoms with Crippen molar-refractivity contribution in [1.82, 2.24) is 4.57 Å². The van der Waals surface area contributed by atoms with Crippen LogP contribution < -0.4 is 5.43 Å². The maximum atomic E-state index is 12.5. The van der Waals surface area contributed by atoms with Crippen molar-refractivity contribution in [2.24, 2.45) is 0 Å². The maximum absolute atomic E-state index is 12.5. The number of hydrogen-bond donors (Lipinski definition) is 1. The molecule has 0 fully saturated rings. The molecule has 0 atom stereocenters. The van der Waals surface area contributed by atoms with Crippen molar-refractivity contribution in [2.45, 2.75) is 20.4 Å². The maximum Gasteiger partial charge on any atom is 0.343 e. The van der Waals surface area contributed by atoms with Crippen LogP contribution in [0.2, 0.25) is 0 Å². The normalized spacial score (nSPS) is 10.1. The van der Waals surface area contributed by atoms with Crippen LogP contribution >= 0.6 is 0 Å². The van der Waals surface area contributed by atoms with Crippen molar-refractivity contribution in [3.8, 4) is 11.8 Å². The third-order valence-corrected chi connectivity index (χ3v) is 3.23. The van der Waals surface area contributed by atoms with E-state index in [0.29, 0.717) is 17.5 Å². The number of rotatable bonds is 3. The monoisotopic (exact) mass is 299 g/mol. The average Bonchev–Trinajstić information content (AvgIpc) is 2.53. The number of carbonyl (C=O) groups is 1. The zero-order chi connectivity index (χ0) is 16.1. The van der Waals surface area contributed by atoms with Crippen molar-refractivity contribution in [2.75, 3.05) is 13.2 Å². The second-order valence-electron chi connectivity index (χ2n) is 4.57. The molecule has 0 unspecified atom stereocenters. The topological polar surface area (TPSA) is 68.5 Å². The highest BCUT2D eigenvalue weighted by Gasteiger charge is 2.16. The van der Waals surface area contributed by atoms with Gasteiger partial charge in [0, 0.05) is 23.7 Å². The number of ether oxygens (including phenoxy) is 1. The van der Waals surface area contributed by atoms with Crippen LogP contribution in [-0.2, 0) is 11.3 Å². The summed E-state index contributed by atoms with van der Waals surface area (Å²) in [6.45, 7) is 4.20. The fraction of sp³-hybridized carbons (Fsp3) is 0.294. The fourth-order valence-electron chi connectivity index (χ4n) is 2.23. The van der Waals surface area contributed by atoms with E-state index in [1.165, 1.54) is 6.20 Å². The Hall–Kier alpha value is -2.58. The van der Waals surface area contributed by atoms with Crippen molar-refractivity contribution in [1.29, 1.82) is 0 Å². The number of fused-ring (bicyclic) bond motifs is 1. The molecule has 0 bridgehead atoms. The van der Waals surface area contributed by atoms with Crippen molar-refractivity contribution >= 4 is 16.9 Å². The van der Waals surface area contributed by atoms with Crippen LogP contribution in [0.25, 0.3) is 10.9 Å². The van der Waals surface area contributed by atoms with Crippen LogP contribution in [0.4, 0.5) is 0 Å². The first kappa shape index (κ1) is 15.8. The summed E-state index contributed by atoms with van der Waals surface area (Å²) in [7, 11) is 0. The van der Waals surface area contributed by atoms with Crippen LogP contribution in [0.3, 0.4) is 0 Å². The molecule has 1 heterocycles. The molecule has 2 aromatic rings. The molecule has 0 aliphatic rings. The number of aromatic nitrogens is 1. The van der Waals surface area contributed by atoms with E-state index in [0.717, 1.165) is 5.52 Å². The number of aryl methyl sites for hydroxylation is 1. The summed E-state index contributed by atoms with van der Waals surface area (Å²) in [5.41, 5.74) is 0.992. The second-order valence-corrected chi connectivity index (χ2v) is 4.57. The first-order chi connectivity index (χ1) is 10.6. The van der Waals surface area contributed by atoms with E-state index >= 15 is 0 Å². The Bertz CT molecular complexity index is 824. The fourth-order valence-corrected chi connectivity index (χ4v) is 2.23. The number of carbonyl (C=O) groups excluding carboxylic acids is 1. The van der Waals surface area contributed by atoms with Gasteiger partial charge in [0.2, 0.25) is 5.43 Å². The minimum absolute atomic E-state index is 0.0171. The molecule has 5 nitrogen and oxygen atoms in total. The lowest BCUT2D eigenvalue weighted by Crippen LogP contribution is -2.20. The molecule has 0 saturated carbocycles. The van der Waals surface area contributed by atoms with Crippen LogP contribution in [0, 0.1) is 11.8 Å². The quantitative estimate of drug-likeness (QED) is 0.689. The van der Waals surface area contributed by atoms with Gasteiger partial charge in [-0.15, -0.1) is 0 Å². The van der Waals surface area contributed by atoms with Gasteiger partial charge in [0.05, 0.1) is 12.1 Å². The molecule has 1 N–H and O–H groups in total. The van der Waals surface area contributed by atoms with Gasteiger partial charge in [-0.2, -0.15) is 0 Å². The van der Waals surface area contributed by atoms with Crippen molar-refractivity contribution in [3.05, 3.63) is 45.7 Å². The first-order valence-corrected chi connectivity index (χ1v) is 7.06. The van der Waals surface area contributed by atoms with Gasteiger partial charge < -0.3 is 14.4 Å². The molecule has 0 radical (unpaired) electrons. The van der Waals surface area contributed by atoms with Gasteiger partial charge in [0.1, 0.15) is 12.2 Å². The zero-order valence-corrected chi connectivity index (χ0v) is 12.5. The summed E-state index contributed by atoms with van der Waals surface area (Å²) in [5.74, 6) is 4.68. The molecule has 1 aromatic carbocycles. The summed E-state index contributed by atoms with van der Waals surface area (Å²) in [5, 5.41) is 9.17. The standard InChI is InChI=1S/C17H17NO4/c1-3-18-11-14(17(21)22-4-2)16(20)13-10-12(6-5-9-19)7-8-15(13)18/h7-8,10-11,19H,3-4,9H2,1-2H3. The summed E-state index contributed by atoms with van der Waals surface area (Å²) in [6.07, 6.45) is 1.53. The Kier molecular flexibility index (Phi) is 4.97. The van der Waals surface area contributed by atoms with Crippen LogP contribution in [0.1, 0.15) is 29.8 Å². The Morgan fingerprint density at radius 1 is 1.36 bits per heavy atom. The summed E-state index contributed by atoms with van der Waals surface area (Å²) in [6, 6.07) is 5.20. The molecule has 5 heteroatoms. The van der Waals surface area contributed by atoms with Gasteiger partial charge in [-0.1, -0.05) is 11.8 Å². The minimum Gasteiger partial charge on any atom is -0.462 e. The van der Waals surface area contributed by atoms with Gasteiger partial charge in [-0.25, -0.2) is 4.79 Å². The number of benzene rings is 1. The van der Waals surface area contributed by atoms with Crippen molar-refractivity contribution < 1.29 is 14.6 Å². The van der Waals surface area contributed by atoms with E-state index in [1.807, 2.05) is 11.5 Å². The lowest BCUT2D eigenvalue weighted by molar-refractivity contribution is 0.0524. The Morgan fingerprint density at radius 3 is 2.77 bits per heavy atom. The number of aliphatic hydroxyl groups is 1. The number of esters is 1. The van der Waals surface area contributed by atoms with Gasteiger partial charge in [-0.05, 0) is 32.0 Å². The molecule has 2 rings (SSSR count). The molecule has 0 aliphatic carbocycles.